The van der Waals surface area contributed by atoms with Crippen molar-refractivity contribution in [2.75, 3.05) is 13.1 Å². The zero-order chi connectivity index (χ0) is 25.0. The van der Waals surface area contributed by atoms with Crippen LogP contribution in [0.5, 0.6) is 5.75 Å². The van der Waals surface area contributed by atoms with Gasteiger partial charge in [0.25, 0.3) is 0 Å². The minimum Gasteiger partial charge on any atom is -0.508 e. The van der Waals surface area contributed by atoms with Gasteiger partial charge in [-0.05, 0) is 49.4 Å². The molecule has 0 bridgehead atoms. The summed E-state index contributed by atoms with van der Waals surface area (Å²) in [7, 11) is 0. The lowest BCUT2D eigenvalue weighted by molar-refractivity contribution is -0.142. The van der Waals surface area contributed by atoms with Gasteiger partial charge in [-0.1, -0.05) is 26.0 Å². The van der Waals surface area contributed by atoms with Crippen LogP contribution in [0.1, 0.15) is 38.7 Å². The number of aliphatic carboxylic acids is 1. The van der Waals surface area contributed by atoms with Crippen LogP contribution in [0.25, 0.3) is 0 Å². The molecular formula is C22H35N5O6. The van der Waals surface area contributed by atoms with Crippen LogP contribution < -0.4 is 27.4 Å². The summed E-state index contributed by atoms with van der Waals surface area (Å²) in [6.45, 7) is 3.51. The summed E-state index contributed by atoms with van der Waals surface area (Å²) in [5, 5.41) is 26.1. The van der Waals surface area contributed by atoms with Crippen molar-refractivity contribution >= 4 is 23.7 Å². The van der Waals surface area contributed by atoms with E-state index in [9.17, 15) is 29.4 Å². The monoisotopic (exact) mass is 465 g/mol. The van der Waals surface area contributed by atoms with Gasteiger partial charge in [0, 0.05) is 6.42 Å². The number of phenols is 1. The Morgan fingerprint density at radius 2 is 1.61 bits per heavy atom. The van der Waals surface area contributed by atoms with Gasteiger partial charge in [0.2, 0.25) is 17.7 Å². The lowest BCUT2D eigenvalue weighted by Gasteiger charge is -2.22. The molecule has 1 aromatic rings. The van der Waals surface area contributed by atoms with Crippen LogP contribution in [0.2, 0.25) is 0 Å². The van der Waals surface area contributed by atoms with Crippen LogP contribution in [-0.2, 0) is 25.6 Å². The third-order valence-corrected chi connectivity index (χ3v) is 5.03. The number of carboxylic acids is 1. The molecule has 0 aliphatic heterocycles. The summed E-state index contributed by atoms with van der Waals surface area (Å²) in [6.07, 6.45) is 1.49. The molecule has 9 N–H and O–H groups in total. The number of carboxylic acid groups (broad SMARTS) is 1. The van der Waals surface area contributed by atoms with E-state index in [1.807, 2.05) is 0 Å². The van der Waals surface area contributed by atoms with Crippen molar-refractivity contribution in [2.24, 2.45) is 17.4 Å². The SMILES string of the molecule is CC(C)C(N)C(=O)NC(Cc1ccc(O)cc1)C(=O)NCC(=O)NC(CCCCN)C(=O)O. The van der Waals surface area contributed by atoms with Crippen molar-refractivity contribution in [1.82, 2.24) is 16.0 Å². The van der Waals surface area contributed by atoms with E-state index in [-0.39, 0.29) is 24.5 Å². The molecular weight excluding hydrogens is 430 g/mol. The Morgan fingerprint density at radius 1 is 0.970 bits per heavy atom. The predicted octanol–water partition coefficient (Wildman–Crippen LogP) is -0.783. The topological polar surface area (TPSA) is 197 Å². The van der Waals surface area contributed by atoms with E-state index < -0.39 is 48.4 Å². The number of carbonyl (C=O) groups excluding carboxylic acids is 3. The Bertz CT molecular complexity index is 799. The minimum absolute atomic E-state index is 0.0572. The summed E-state index contributed by atoms with van der Waals surface area (Å²) in [5.74, 6) is -3.08. The average molecular weight is 466 g/mol. The van der Waals surface area contributed by atoms with Gasteiger partial charge in [-0.2, -0.15) is 0 Å². The van der Waals surface area contributed by atoms with Crippen LogP contribution in [-0.4, -0.2) is 65.1 Å². The average Bonchev–Trinajstić information content (AvgIpc) is 2.77. The van der Waals surface area contributed by atoms with Crippen LogP contribution >= 0.6 is 0 Å². The van der Waals surface area contributed by atoms with Gasteiger partial charge in [-0.3, -0.25) is 14.4 Å². The van der Waals surface area contributed by atoms with Crippen molar-refractivity contribution < 1.29 is 29.4 Å². The number of aromatic hydroxyl groups is 1. The lowest BCUT2D eigenvalue weighted by atomic mass is 10.0. The van der Waals surface area contributed by atoms with Gasteiger partial charge >= 0.3 is 5.97 Å². The van der Waals surface area contributed by atoms with E-state index in [1.54, 1.807) is 26.0 Å². The Labute approximate surface area is 193 Å². The Morgan fingerprint density at radius 3 is 2.15 bits per heavy atom. The van der Waals surface area contributed by atoms with Crippen molar-refractivity contribution in [3.05, 3.63) is 29.8 Å². The predicted molar refractivity (Wildman–Crippen MR) is 122 cm³/mol. The van der Waals surface area contributed by atoms with Gasteiger partial charge in [0.15, 0.2) is 0 Å². The molecule has 1 aromatic carbocycles. The van der Waals surface area contributed by atoms with Crippen molar-refractivity contribution in [3.8, 4) is 5.75 Å². The highest BCUT2D eigenvalue weighted by molar-refractivity contribution is 5.92. The molecule has 11 nitrogen and oxygen atoms in total. The molecule has 33 heavy (non-hydrogen) atoms. The molecule has 11 heteroatoms. The molecule has 0 spiro atoms. The number of nitrogens with two attached hydrogens (primary N) is 2. The van der Waals surface area contributed by atoms with Crippen molar-refractivity contribution in [3.63, 3.8) is 0 Å². The van der Waals surface area contributed by atoms with E-state index in [1.165, 1.54) is 12.1 Å². The summed E-state index contributed by atoms with van der Waals surface area (Å²) in [6, 6.07) is 3.18. The smallest absolute Gasteiger partial charge is 0.326 e. The zero-order valence-electron chi connectivity index (χ0n) is 19.0. The number of hydrogen-bond acceptors (Lipinski definition) is 7. The molecule has 0 saturated carbocycles. The maximum atomic E-state index is 12.8. The maximum Gasteiger partial charge on any atom is 0.326 e. The molecule has 3 unspecified atom stereocenters. The first kappa shape index (κ1) is 27.9. The van der Waals surface area contributed by atoms with E-state index in [0.717, 1.165) is 0 Å². The summed E-state index contributed by atoms with van der Waals surface area (Å²) in [5.41, 5.74) is 11.9. The second-order valence-electron chi connectivity index (χ2n) is 8.16. The van der Waals surface area contributed by atoms with E-state index >= 15 is 0 Å². The number of rotatable bonds is 14. The fraction of sp³-hybridized carbons (Fsp3) is 0.545. The standard InChI is InChI=1S/C22H35N5O6/c1-13(2)19(24)21(31)27-17(11-14-6-8-15(28)9-7-14)20(30)25-12-18(29)26-16(22(32)33)5-3-4-10-23/h6-9,13,16-17,19,28H,3-5,10-12,23-24H2,1-2H3,(H,25,30)(H,26,29)(H,27,31)(H,32,33). The largest absolute Gasteiger partial charge is 0.508 e. The first-order valence-electron chi connectivity index (χ1n) is 10.9. The van der Waals surface area contributed by atoms with Crippen LogP contribution in [0.4, 0.5) is 0 Å². The number of hydrogen-bond donors (Lipinski definition) is 7. The van der Waals surface area contributed by atoms with Crippen LogP contribution in [0.15, 0.2) is 24.3 Å². The third kappa shape index (κ3) is 10.3. The second kappa shape index (κ2) is 14.1. The number of carbonyl (C=O) groups is 4. The maximum absolute atomic E-state index is 12.8. The first-order chi connectivity index (χ1) is 15.5. The molecule has 0 aliphatic carbocycles. The highest BCUT2D eigenvalue weighted by Gasteiger charge is 2.26. The Balaban J connectivity index is 2.78. The van der Waals surface area contributed by atoms with Crippen LogP contribution in [0, 0.1) is 5.92 Å². The molecule has 0 aliphatic rings. The van der Waals surface area contributed by atoms with Crippen molar-refractivity contribution in [1.29, 1.82) is 0 Å². The Kier molecular flexibility index (Phi) is 11.9. The molecule has 0 radical (unpaired) electrons. The fourth-order valence-corrected chi connectivity index (χ4v) is 2.93. The highest BCUT2D eigenvalue weighted by atomic mass is 16.4. The van der Waals surface area contributed by atoms with E-state index in [0.29, 0.717) is 24.9 Å². The number of phenolic OH excluding ortho intramolecular Hbond substituents is 1. The van der Waals surface area contributed by atoms with Gasteiger partial charge < -0.3 is 37.6 Å². The number of nitrogens with one attached hydrogen (secondary N) is 3. The van der Waals surface area contributed by atoms with Gasteiger partial charge in [-0.25, -0.2) is 4.79 Å². The number of unbranched alkanes of at least 4 members (excludes halogenated alkanes) is 1. The molecule has 3 amide bonds. The quantitative estimate of drug-likeness (QED) is 0.174. The summed E-state index contributed by atoms with van der Waals surface area (Å²) in [4.78, 5) is 48.7. The Hall–Kier alpha value is -3.18. The van der Waals surface area contributed by atoms with Gasteiger partial charge in [0.1, 0.15) is 17.8 Å². The fourth-order valence-electron chi connectivity index (χ4n) is 2.93. The molecule has 0 saturated heterocycles. The molecule has 0 heterocycles. The van der Waals surface area contributed by atoms with E-state index in [2.05, 4.69) is 16.0 Å². The highest BCUT2D eigenvalue weighted by Crippen LogP contribution is 2.12. The van der Waals surface area contributed by atoms with Gasteiger partial charge in [0.05, 0.1) is 12.6 Å². The molecule has 0 aromatic heterocycles. The molecule has 184 valence electrons. The minimum atomic E-state index is -1.17. The summed E-state index contributed by atoms with van der Waals surface area (Å²) >= 11 is 0. The second-order valence-corrected chi connectivity index (χ2v) is 8.16. The normalized spacial score (nSPS) is 13.6. The molecule has 3 atom stereocenters. The van der Waals surface area contributed by atoms with E-state index in [4.69, 9.17) is 11.5 Å². The van der Waals surface area contributed by atoms with Crippen LogP contribution in [0.3, 0.4) is 0 Å². The first-order valence-corrected chi connectivity index (χ1v) is 10.9. The number of benzene rings is 1. The van der Waals surface area contributed by atoms with Gasteiger partial charge in [-0.15, -0.1) is 0 Å². The third-order valence-electron chi connectivity index (χ3n) is 5.03. The lowest BCUT2D eigenvalue weighted by Crippen LogP contribution is -2.55. The van der Waals surface area contributed by atoms with Crippen molar-refractivity contribution in [2.45, 2.75) is 57.7 Å². The molecule has 1 rings (SSSR count). The summed E-state index contributed by atoms with van der Waals surface area (Å²) < 4.78 is 0. The zero-order valence-corrected chi connectivity index (χ0v) is 19.0. The number of amides is 3. The molecule has 0 fully saturated rings.